The minimum Gasteiger partial charge on any atom is -0.0622 e. The van der Waals surface area contributed by atoms with Crippen LogP contribution in [0.5, 0.6) is 0 Å². The van der Waals surface area contributed by atoms with Gasteiger partial charge in [-0.15, -0.1) is 0 Å². The lowest BCUT2D eigenvalue weighted by atomic mass is 9.83. The van der Waals surface area contributed by atoms with Crippen LogP contribution < -0.4 is 0 Å². The van der Waals surface area contributed by atoms with Crippen LogP contribution in [0.4, 0.5) is 0 Å². The predicted molar refractivity (Wildman–Crippen MR) is 181 cm³/mol. The van der Waals surface area contributed by atoms with Crippen LogP contribution in [0, 0.1) is 0 Å². The molecule has 0 fully saturated rings. The van der Waals surface area contributed by atoms with E-state index in [1.165, 1.54) is 76.8 Å². The Labute approximate surface area is 246 Å². The topological polar surface area (TPSA) is 0 Å². The van der Waals surface area contributed by atoms with E-state index in [9.17, 15) is 0 Å². The molecule has 196 valence electrons. The SMILES string of the molecule is c1ccc(-c2c3ccccc3c(-c3ccccc3-c3cccc(-c4ccc5ccccc5c4)c3)c3ccccc23)cc1. The minimum atomic E-state index is 1.22. The third-order valence-corrected chi connectivity index (χ3v) is 8.45. The second kappa shape index (κ2) is 10.2. The Morgan fingerprint density at radius 1 is 0.238 bits per heavy atom. The van der Waals surface area contributed by atoms with Crippen molar-refractivity contribution in [2.45, 2.75) is 0 Å². The molecule has 8 aromatic carbocycles. The summed E-state index contributed by atoms with van der Waals surface area (Å²) in [6.45, 7) is 0. The zero-order valence-electron chi connectivity index (χ0n) is 23.2. The maximum absolute atomic E-state index is 2.34. The van der Waals surface area contributed by atoms with Crippen molar-refractivity contribution in [3.63, 3.8) is 0 Å². The van der Waals surface area contributed by atoms with Crippen LogP contribution in [-0.2, 0) is 0 Å². The molecule has 0 radical (unpaired) electrons. The van der Waals surface area contributed by atoms with Crippen molar-refractivity contribution in [1.29, 1.82) is 0 Å². The van der Waals surface area contributed by atoms with Gasteiger partial charge in [-0.05, 0) is 89.0 Å². The summed E-state index contributed by atoms with van der Waals surface area (Å²) in [5.74, 6) is 0. The van der Waals surface area contributed by atoms with Crippen molar-refractivity contribution in [2.24, 2.45) is 0 Å². The Balaban J connectivity index is 1.37. The fourth-order valence-corrected chi connectivity index (χ4v) is 6.52. The Morgan fingerprint density at radius 3 is 1.45 bits per heavy atom. The van der Waals surface area contributed by atoms with Crippen LogP contribution in [0.2, 0.25) is 0 Å². The van der Waals surface area contributed by atoms with Crippen LogP contribution in [0.1, 0.15) is 0 Å². The Bertz CT molecular complexity index is 2180. The van der Waals surface area contributed by atoms with Gasteiger partial charge in [0.15, 0.2) is 0 Å². The summed E-state index contributed by atoms with van der Waals surface area (Å²) in [5, 5.41) is 7.62. The van der Waals surface area contributed by atoms with Crippen molar-refractivity contribution >= 4 is 32.3 Å². The molecule has 0 saturated heterocycles. The van der Waals surface area contributed by atoms with Crippen LogP contribution >= 0.6 is 0 Å². The lowest BCUT2D eigenvalue weighted by molar-refractivity contribution is 1.59. The minimum absolute atomic E-state index is 1.22. The van der Waals surface area contributed by atoms with Crippen LogP contribution in [0.3, 0.4) is 0 Å². The van der Waals surface area contributed by atoms with Crippen molar-refractivity contribution < 1.29 is 0 Å². The van der Waals surface area contributed by atoms with Crippen molar-refractivity contribution in [3.05, 3.63) is 170 Å². The average molecular weight is 533 g/mol. The average Bonchev–Trinajstić information content (AvgIpc) is 3.07. The van der Waals surface area contributed by atoms with Gasteiger partial charge in [-0.25, -0.2) is 0 Å². The monoisotopic (exact) mass is 532 g/mol. The molecule has 0 aliphatic rings. The van der Waals surface area contributed by atoms with E-state index in [1.54, 1.807) is 0 Å². The molecule has 8 aromatic rings. The lowest BCUT2D eigenvalue weighted by Gasteiger charge is -2.20. The molecule has 0 spiro atoms. The molecule has 0 amide bonds. The van der Waals surface area contributed by atoms with Gasteiger partial charge in [0.05, 0.1) is 0 Å². The van der Waals surface area contributed by atoms with Gasteiger partial charge < -0.3 is 0 Å². The quantitative estimate of drug-likeness (QED) is 0.198. The van der Waals surface area contributed by atoms with Crippen molar-refractivity contribution in [1.82, 2.24) is 0 Å². The molecule has 0 aliphatic heterocycles. The summed E-state index contributed by atoms with van der Waals surface area (Å²) >= 11 is 0. The van der Waals surface area contributed by atoms with E-state index in [-0.39, 0.29) is 0 Å². The second-order valence-electron chi connectivity index (χ2n) is 10.9. The van der Waals surface area contributed by atoms with E-state index in [0.717, 1.165) is 0 Å². The van der Waals surface area contributed by atoms with Gasteiger partial charge in [-0.1, -0.05) is 158 Å². The van der Waals surface area contributed by atoms with E-state index in [0.29, 0.717) is 0 Å². The van der Waals surface area contributed by atoms with Crippen LogP contribution in [0.25, 0.3) is 76.8 Å². The van der Waals surface area contributed by atoms with Crippen LogP contribution in [0.15, 0.2) is 170 Å². The van der Waals surface area contributed by atoms with Crippen molar-refractivity contribution in [3.8, 4) is 44.5 Å². The summed E-state index contributed by atoms with van der Waals surface area (Å²) in [7, 11) is 0. The van der Waals surface area contributed by atoms with Gasteiger partial charge in [0.2, 0.25) is 0 Å². The number of fused-ring (bicyclic) bond motifs is 3. The summed E-state index contributed by atoms with van der Waals surface area (Å²) < 4.78 is 0. The Hall–Kier alpha value is -5.46. The van der Waals surface area contributed by atoms with Gasteiger partial charge in [0, 0.05) is 0 Å². The zero-order valence-corrected chi connectivity index (χ0v) is 23.2. The standard InChI is InChI=1S/C42H28/c1-2-14-30(15-3-1)41-37-21-8-10-23-39(37)42(40-24-11-9-22-38(40)41)36-20-7-6-19-35(36)34-18-12-17-32(28-34)33-26-25-29-13-4-5-16-31(29)27-33/h1-28H. The molecule has 0 heterocycles. The van der Waals surface area contributed by atoms with E-state index < -0.39 is 0 Å². The fraction of sp³-hybridized carbons (Fsp3) is 0. The molecule has 0 N–H and O–H groups in total. The van der Waals surface area contributed by atoms with Crippen molar-refractivity contribution in [2.75, 3.05) is 0 Å². The highest BCUT2D eigenvalue weighted by Crippen LogP contribution is 2.46. The van der Waals surface area contributed by atoms with Gasteiger partial charge >= 0.3 is 0 Å². The first-order chi connectivity index (χ1) is 20.8. The highest BCUT2D eigenvalue weighted by atomic mass is 14.2. The molecule has 0 saturated carbocycles. The van der Waals surface area contributed by atoms with E-state index >= 15 is 0 Å². The predicted octanol–water partition coefficient (Wildman–Crippen LogP) is 11.8. The first-order valence-electron chi connectivity index (χ1n) is 14.5. The summed E-state index contributed by atoms with van der Waals surface area (Å²) in [6.07, 6.45) is 0. The molecular weight excluding hydrogens is 504 g/mol. The third-order valence-electron chi connectivity index (χ3n) is 8.45. The Morgan fingerprint density at radius 2 is 0.738 bits per heavy atom. The molecule has 0 unspecified atom stereocenters. The maximum atomic E-state index is 2.34. The smallest absolute Gasteiger partial charge is 0.00201 e. The number of hydrogen-bond donors (Lipinski definition) is 0. The second-order valence-corrected chi connectivity index (χ2v) is 10.9. The van der Waals surface area contributed by atoms with Gasteiger partial charge in [0.1, 0.15) is 0 Å². The molecular formula is C42H28. The van der Waals surface area contributed by atoms with E-state index in [2.05, 4.69) is 170 Å². The molecule has 0 nitrogen and oxygen atoms in total. The number of rotatable bonds is 4. The highest BCUT2D eigenvalue weighted by molar-refractivity contribution is 6.22. The van der Waals surface area contributed by atoms with Crippen LogP contribution in [-0.4, -0.2) is 0 Å². The normalized spacial score (nSPS) is 11.3. The largest absolute Gasteiger partial charge is 0.0622 e. The highest BCUT2D eigenvalue weighted by Gasteiger charge is 2.18. The first-order valence-corrected chi connectivity index (χ1v) is 14.5. The number of benzene rings is 8. The van der Waals surface area contributed by atoms with Gasteiger partial charge in [0.25, 0.3) is 0 Å². The van der Waals surface area contributed by atoms with E-state index in [4.69, 9.17) is 0 Å². The lowest BCUT2D eigenvalue weighted by Crippen LogP contribution is -1.92. The number of hydrogen-bond acceptors (Lipinski definition) is 0. The summed E-state index contributed by atoms with van der Waals surface area (Å²) in [5.41, 5.74) is 9.99. The molecule has 0 aliphatic carbocycles. The maximum Gasteiger partial charge on any atom is -0.00201 e. The zero-order chi connectivity index (χ0) is 27.9. The van der Waals surface area contributed by atoms with Gasteiger partial charge in [-0.2, -0.15) is 0 Å². The first kappa shape index (κ1) is 24.3. The molecule has 42 heavy (non-hydrogen) atoms. The summed E-state index contributed by atoms with van der Waals surface area (Å²) in [6, 6.07) is 61.7. The molecule has 0 atom stereocenters. The Kier molecular flexibility index (Phi) is 5.90. The summed E-state index contributed by atoms with van der Waals surface area (Å²) in [4.78, 5) is 0. The van der Waals surface area contributed by atoms with E-state index in [1.807, 2.05) is 0 Å². The fourth-order valence-electron chi connectivity index (χ4n) is 6.52. The third kappa shape index (κ3) is 4.08. The molecule has 0 aromatic heterocycles. The molecule has 8 rings (SSSR count). The molecule has 0 heteroatoms. The molecule has 0 bridgehead atoms. The van der Waals surface area contributed by atoms with Gasteiger partial charge in [-0.3, -0.25) is 0 Å².